The third-order valence-corrected chi connectivity index (χ3v) is 13.0. The molecule has 278 valence electrons. The van der Waals surface area contributed by atoms with Gasteiger partial charge in [0, 0.05) is 55.1 Å². The molecule has 0 spiro atoms. The Balaban J connectivity index is 1.39. The average Bonchev–Trinajstić information content (AvgIpc) is 3.63. The van der Waals surface area contributed by atoms with E-state index < -0.39 is 0 Å². The van der Waals surface area contributed by atoms with Gasteiger partial charge in [0.25, 0.3) is 0 Å². The topological polar surface area (TPSA) is 6.48 Å². The van der Waals surface area contributed by atoms with Crippen LogP contribution in [0.1, 0.15) is 49.9 Å². The summed E-state index contributed by atoms with van der Waals surface area (Å²) in [6, 6.07) is 71.9. The lowest BCUT2D eigenvalue weighted by Gasteiger charge is -2.34. The van der Waals surface area contributed by atoms with Crippen molar-refractivity contribution < 1.29 is 0 Å². The number of para-hydroxylation sites is 4. The first kappa shape index (κ1) is 34.4. The van der Waals surface area contributed by atoms with E-state index in [1.807, 2.05) is 0 Å². The highest BCUT2D eigenvalue weighted by Gasteiger charge is 2.39. The Hall–Kier alpha value is -6.90. The molecule has 0 saturated carbocycles. The molecule has 58 heavy (non-hydrogen) atoms. The molecule has 0 amide bonds. The maximum Gasteiger partial charge on any atom is 0.0620 e. The summed E-state index contributed by atoms with van der Waals surface area (Å²) in [6.07, 6.45) is 0. The monoisotopic (exact) mass is 744 g/mol. The maximum atomic E-state index is 2.54. The number of benzene rings is 9. The number of fused-ring (bicyclic) bond motifs is 8. The summed E-state index contributed by atoms with van der Waals surface area (Å²) >= 11 is 0. The van der Waals surface area contributed by atoms with Gasteiger partial charge < -0.3 is 9.80 Å². The van der Waals surface area contributed by atoms with Crippen LogP contribution in [0.5, 0.6) is 0 Å². The summed E-state index contributed by atoms with van der Waals surface area (Å²) in [7, 11) is 0. The van der Waals surface area contributed by atoms with Gasteiger partial charge in [-0.3, -0.25) is 0 Å². The summed E-state index contributed by atoms with van der Waals surface area (Å²) in [6.45, 7) is 9.57. The molecule has 0 radical (unpaired) electrons. The molecule has 0 heterocycles. The molecule has 0 aliphatic heterocycles. The van der Waals surface area contributed by atoms with Crippen LogP contribution >= 0.6 is 0 Å². The van der Waals surface area contributed by atoms with Crippen LogP contribution in [0.25, 0.3) is 43.8 Å². The van der Waals surface area contributed by atoms with Gasteiger partial charge in [0.1, 0.15) is 0 Å². The van der Waals surface area contributed by atoms with E-state index in [2.05, 4.69) is 232 Å². The fourth-order valence-corrected chi connectivity index (χ4v) is 10.2. The molecule has 0 unspecified atom stereocenters. The summed E-state index contributed by atoms with van der Waals surface area (Å²) in [5.74, 6) is 0. The lowest BCUT2D eigenvalue weighted by molar-refractivity contribution is 0.661. The fraction of sp³-hybridized carbons (Fsp3) is 0.107. The third-order valence-electron chi connectivity index (χ3n) is 13.0. The van der Waals surface area contributed by atoms with Crippen LogP contribution in [0.3, 0.4) is 0 Å². The van der Waals surface area contributed by atoms with Crippen molar-refractivity contribution in [2.75, 3.05) is 9.80 Å². The van der Waals surface area contributed by atoms with E-state index in [0.717, 1.165) is 22.7 Å². The molecule has 0 fully saturated rings. The molecule has 0 saturated heterocycles. The molecule has 11 rings (SSSR count). The van der Waals surface area contributed by atoms with Crippen molar-refractivity contribution in [1.82, 2.24) is 0 Å². The van der Waals surface area contributed by atoms with E-state index in [1.165, 1.54) is 77.4 Å². The second-order valence-corrected chi connectivity index (χ2v) is 16.9. The van der Waals surface area contributed by atoms with Gasteiger partial charge >= 0.3 is 0 Å². The number of anilines is 6. The van der Waals surface area contributed by atoms with Gasteiger partial charge in [-0.25, -0.2) is 0 Å². The second kappa shape index (κ2) is 12.8. The zero-order valence-corrected chi connectivity index (χ0v) is 33.4. The predicted octanol–water partition coefficient (Wildman–Crippen LogP) is 15.5. The Morgan fingerprint density at radius 2 is 0.552 bits per heavy atom. The third kappa shape index (κ3) is 4.98. The Labute approximate surface area is 341 Å². The van der Waals surface area contributed by atoms with E-state index in [-0.39, 0.29) is 10.8 Å². The number of rotatable bonds is 6. The van der Waals surface area contributed by atoms with Gasteiger partial charge in [0.15, 0.2) is 0 Å². The molecular formula is C56H44N2. The normalized spacial score (nSPS) is 14.1. The van der Waals surface area contributed by atoms with Gasteiger partial charge in [-0.1, -0.05) is 149 Å². The van der Waals surface area contributed by atoms with Crippen molar-refractivity contribution in [2.24, 2.45) is 0 Å². The lowest BCUT2D eigenvalue weighted by atomic mass is 9.80. The zero-order chi connectivity index (χ0) is 39.2. The van der Waals surface area contributed by atoms with Crippen molar-refractivity contribution in [2.45, 2.75) is 38.5 Å². The first-order chi connectivity index (χ1) is 28.3. The van der Waals surface area contributed by atoms with Crippen LogP contribution in [0.4, 0.5) is 34.1 Å². The van der Waals surface area contributed by atoms with Crippen molar-refractivity contribution in [1.29, 1.82) is 0 Å². The van der Waals surface area contributed by atoms with Gasteiger partial charge in [-0.15, -0.1) is 0 Å². The van der Waals surface area contributed by atoms with E-state index in [1.54, 1.807) is 0 Å². The second-order valence-electron chi connectivity index (χ2n) is 16.9. The predicted molar refractivity (Wildman–Crippen MR) is 246 cm³/mol. The summed E-state index contributed by atoms with van der Waals surface area (Å²) in [5, 5.41) is 4.87. The molecule has 2 nitrogen and oxygen atoms in total. The fourth-order valence-electron chi connectivity index (χ4n) is 10.2. The first-order valence-electron chi connectivity index (χ1n) is 20.4. The molecule has 0 bridgehead atoms. The zero-order valence-electron chi connectivity index (χ0n) is 33.4. The molecule has 2 heteroatoms. The summed E-state index contributed by atoms with van der Waals surface area (Å²) < 4.78 is 0. The maximum absolute atomic E-state index is 2.54. The number of hydrogen-bond acceptors (Lipinski definition) is 2. The van der Waals surface area contributed by atoms with Crippen LogP contribution in [-0.2, 0) is 10.8 Å². The molecule has 2 aliphatic carbocycles. The van der Waals surface area contributed by atoms with Gasteiger partial charge in [-0.05, 0) is 117 Å². The van der Waals surface area contributed by atoms with Crippen molar-refractivity contribution in [3.63, 3.8) is 0 Å². The smallest absolute Gasteiger partial charge is 0.0620 e. The van der Waals surface area contributed by atoms with Gasteiger partial charge in [0.05, 0.1) is 11.4 Å². The van der Waals surface area contributed by atoms with Gasteiger partial charge in [-0.2, -0.15) is 0 Å². The number of nitrogens with zero attached hydrogens (tertiary/aromatic N) is 2. The highest BCUT2D eigenvalue weighted by molar-refractivity contribution is 6.25. The Morgan fingerprint density at radius 1 is 0.276 bits per heavy atom. The molecule has 0 atom stereocenters. The van der Waals surface area contributed by atoms with E-state index in [4.69, 9.17) is 0 Å². The van der Waals surface area contributed by atoms with E-state index in [9.17, 15) is 0 Å². The van der Waals surface area contributed by atoms with E-state index >= 15 is 0 Å². The molecule has 0 aromatic heterocycles. The Kier molecular flexibility index (Phi) is 7.59. The Morgan fingerprint density at radius 3 is 0.879 bits per heavy atom. The first-order valence-corrected chi connectivity index (χ1v) is 20.4. The quantitative estimate of drug-likeness (QED) is 0.124. The largest absolute Gasteiger partial charge is 0.309 e. The van der Waals surface area contributed by atoms with Crippen LogP contribution in [0, 0.1) is 0 Å². The van der Waals surface area contributed by atoms with Crippen LogP contribution in [0.2, 0.25) is 0 Å². The SMILES string of the molecule is CC1(C)c2ccccc2-c2cc3c(N(c4ccccc4)c4ccccc4)c4cc5c(cc4c(N(c4ccccc4)c4ccccc4)c3cc21)-c1ccccc1C5(C)C. The van der Waals surface area contributed by atoms with Crippen molar-refractivity contribution >= 4 is 55.7 Å². The Bertz CT molecular complexity index is 2750. The molecule has 2 aliphatic rings. The van der Waals surface area contributed by atoms with Crippen LogP contribution in [-0.4, -0.2) is 0 Å². The lowest BCUT2D eigenvalue weighted by Crippen LogP contribution is -2.17. The minimum absolute atomic E-state index is 0.184. The summed E-state index contributed by atoms with van der Waals surface area (Å²) in [5.41, 5.74) is 17.2. The van der Waals surface area contributed by atoms with Gasteiger partial charge in [0.2, 0.25) is 0 Å². The van der Waals surface area contributed by atoms with Crippen molar-refractivity contribution in [3.05, 3.63) is 216 Å². The molecule has 9 aromatic rings. The molecule has 9 aromatic carbocycles. The number of hydrogen-bond donors (Lipinski definition) is 0. The average molecular weight is 745 g/mol. The highest BCUT2D eigenvalue weighted by Crippen LogP contribution is 2.58. The van der Waals surface area contributed by atoms with E-state index in [0.29, 0.717) is 0 Å². The van der Waals surface area contributed by atoms with Crippen LogP contribution < -0.4 is 9.80 Å². The van der Waals surface area contributed by atoms with Crippen molar-refractivity contribution in [3.8, 4) is 22.3 Å². The minimum Gasteiger partial charge on any atom is -0.309 e. The van der Waals surface area contributed by atoms with Crippen LogP contribution in [0.15, 0.2) is 194 Å². The standard InChI is InChI=1S/C56H44N2/c1-55(2)49-31-19-17-29-41(49)43-33-45-47(35-51(43)55)53(57(37-21-9-5-10-22-37)38-23-11-6-12-24-38)46-34-44-42-30-18-20-32-50(42)56(3,4)52(44)36-48(46)54(45)58(39-25-13-7-14-26-39)40-27-15-8-16-28-40/h5-36H,1-4H3. The minimum atomic E-state index is -0.184. The molecule has 0 N–H and O–H groups in total. The summed E-state index contributed by atoms with van der Waals surface area (Å²) in [4.78, 5) is 5.01. The highest BCUT2D eigenvalue weighted by atomic mass is 15.2. The molecular weight excluding hydrogens is 701 g/mol.